The Bertz CT molecular complexity index is 863. The van der Waals surface area contributed by atoms with Crippen molar-refractivity contribution >= 4 is 16.7 Å². The van der Waals surface area contributed by atoms with Crippen molar-refractivity contribution < 1.29 is 0 Å². The van der Waals surface area contributed by atoms with Crippen molar-refractivity contribution in [3.63, 3.8) is 0 Å². The lowest BCUT2D eigenvalue weighted by atomic mass is 9.93. The first-order chi connectivity index (χ1) is 14.1. The number of rotatable bonds is 0. The van der Waals surface area contributed by atoms with Crippen molar-refractivity contribution in [3.8, 4) is 0 Å². The highest BCUT2D eigenvalue weighted by Crippen LogP contribution is 2.21. The third kappa shape index (κ3) is 6.68. The van der Waals surface area contributed by atoms with Gasteiger partial charge in [0.15, 0.2) is 0 Å². The molecular weight excluding hydrogens is 370 g/mol. The van der Waals surface area contributed by atoms with Crippen molar-refractivity contribution in [1.82, 2.24) is 24.4 Å². The van der Waals surface area contributed by atoms with E-state index in [1.165, 1.54) is 0 Å². The molecule has 0 saturated carbocycles. The van der Waals surface area contributed by atoms with Crippen molar-refractivity contribution in [1.29, 1.82) is 0 Å². The van der Waals surface area contributed by atoms with E-state index >= 15 is 0 Å². The fourth-order valence-corrected chi connectivity index (χ4v) is 2.46. The molecule has 5 heteroatoms. The number of imidazole rings is 1. The number of nitrogens with zero attached hydrogens (tertiary/aromatic N) is 5. The summed E-state index contributed by atoms with van der Waals surface area (Å²) in [5.41, 5.74) is 4.16. The largest absolute Gasteiger partial charge is 0.307 e. The van der Waals surface area contributed by atoms with Gasteiger partial charge in [-0.15, -0.1) is 0 Å². The molecular formula is C25H39N5. The molecule has 0 unspecified atom stereocenters. The molecule has 0 aliphatic heterocycles. The monoisotopic (exact) mass is 409 g/mol. The van der Waals surface area contributed by atoms with Gasteiger partial charge in [0, 0.05) is 17.8 Å². The van der Waals surface area contributed by atoms with Crippen LogP contribution < -0.4 is 0 Å². The van der Waals surface area contributed by atoms with Crippen LogP contribution in [0.5, 0.6) is 0 Å². The first kappa shape index (κ1) is 25.3. The van der Waals surface area contributed by atoms with Crippen LogP contribution in [0, 0.1) is 0 Å². The molecule has 0 N–H and O–H groups in total. The van der Waals surface area contributed by atoms with Gasteiger partial charge < -0.3 is 4.40 Å². The van der Waals surface area contributed by atoms with Gasteiger partial charge in [-0.05, 0) is 45.0 Å². The number of benzene rings is 1. The minimum absolute atomic E-state index is 0.0426. The number of hydrogen-bond donors (Lipinski definition) is 0. The van der Waals surface area contributed by atoms with E-state index in [1.807, 2.05) is 76.4 Å². The summed E-state index contributed by atoms with van der Waals surface area (Å²) >= 11 is 0. The van der Waals surface area contributed by atoms with Gasteiger partial charge >= 0.3 is 0 Å². The summed E-state index contributed by atoms with van der Waals surface area (Å²) in [6, 6.07) is 14.0. The minimum atomic E-state index is -0.0426. The zero-order valence-corrected chi connectivity index (χ0v) is 20.4. The van der Waals surface area contributed by atoms with Crippen LogP contribution in [0.2, 0.25) is 0 Å². The van der Waals surface area contributed by atoms with Crippen LogP contribution in [0.1, 0.15) is 74.9 Å². The van der Waals surface area contributed by atoms with E-state index in [0.717, 1.165) is 22.4 Å². The maximum absolute atomic E-state index is 4.55. The Hall–Kier alpha value is -2.69. The first-order valence-corrected chi connectivity index (χ1v) is 10.9. The minimum Gasteiger partial charge on any atom is -0.307 e. The molecule has 0 radical (unpaired) electrons. The van der Waals surface area contributed by atoms with Gasteiger partial charge in [-0.25, -0.2) is 4.98 Å². The lowest BCUT2D eigenvalue weighted by Gasteiger charge is -2.16. The van der Waals surface area contributed by atoms with Gasteiger partial charge in [0.1, 0.15) is 16.7 Å². The van der Waals surface area contributed by atoms with E-state index in [1.54, 1.807) is 4.80 Å². The summed E-state index contributed by atoms with van der Waals surface area (Å²) in [6.07, 6.45) is 4.12. The molecule has 0 fully saturated rings. The molecule has 0 spiro atoms. The molecule has 1 aromatic carbocycles. The first-order valence-electron chi connectivity index (χ1n) is 10.9. The Kier molecular flexibility index (Phi) is 9.22. The van der Waals surface area contributed by atoms with Crippen LogP contribution in [0.4, 0.5) is 0 Å². The second kappa shape index (κ2) is 10.9. The third-order valence-electron chi connectivity index (χ3n) is 4.02. The summed E-state index contributed by atoms with van der Waals surface area (Å²) in [4.78, 5) is 6.31. The normalized spacial score (nSPS) is 11.0. The topological polar surface area (TPSA) is 48.0 Å². The molecule has 0 aliphatic rings. The molecule has 3 heterocycles. The Morgan fingerprint density at radius 2 is 1.20 bits per heavy atom. The molecule has 5 nitrogen and oxygen atoms in total. The smallest absolute Gasteiger partial charge is 0.136 e. The van der Waals surface area contributed by atoms with E-state index in [-0.39, 0.29) is 11.0 Å². The van der Waals surface area contributed by atoms with Crippen LogP contribution in [0.15, 0.2) is 54.9 Å². The van der Waals surface area contributed by atoms with Crippen LogP contribution in [0.25, 0.3) is 16.7 Å². The highest BCUT2D eigenvalue weighted by Gasteiger charge is 2.17. The van der Waals surface area contributed by atoms with Crippen LogP contribution in [-0.4, -0.2) is 24.4 Å². The fraction of sp³-hybridized carbons (Fsp3) is 0.480. The molecule has 0 aliphatic carbocycles. The highest BCUT2D eigenvalue weighted by molar-refractivity contribution is 5.73. The Morgan fingerprint density at radius 3 is 1.63 bits per heavy atom. The summed E-state index contributed by atoms with van der Waals surface area (Å²) in [7, 11) is 0. The number of aromatic nitrogens is 5. The van der Waals surface area contributed by atoms with Gasteiger partial charge in [-0.1, -0.05) is 66.7 Å². The second-order valence-corrected chi connectivity index (χ2v) is 8.49. The van der Waals surface area contributed by atoms with Crippen molar-refractivity contribution in [3.05, 3.63) is 60.6 Å². The predicted octanol–water partition coefficient (Wildman–Crippen LogP) is 6.87. The van der Waals surface area contributed by atoms with E-state index < -0.39 is 0 Å². The molecule has 0 saturated heterocycles. The number of pyridine rings is 1. The van der Waals surface area contributed by atoms with Crippen molar-refractivity contribution in [2.24, 2.45) is 0 Å². The van der Waals surface area contributed by atoms with E-state index in [4.69, 9.17) is 0 Å². The van der Waals surface area contributed by atoms with Gasteiger partial charge in [-0.2, -0.15) is 15.0 Å². The molecule has 4 rings (SSSR count). The Labute approximate surface area is 182 Å². The van der Waals surface area contributed by atoms with Crippen LogP contribution in [-0.2, 0) is 11.0 Å². The predicted molar refractivity (Wildman–Crippen MR) is 129 cm³/mol. The van der Waals surface area contributed by atoms with Crippen molar-refractivity contribution in [2.75, 3.05) is 0 Å². The summed E-state index contributed by atoms with van der Waals surface area (Å²) in [5, 5.41) is 8.78. The Balaban J connectivity index is 0.000000258. The quantitative estimate of drug-likeness (QED) is 0.318. The number of hydrogen-bond acceptors (Lipinski definition) is 3. The molecule has 3 aromatic heterocycles. The fourth-order valence-electron chi connectivity index (χ4n) is 2.46. The zero-order valence-electron chi connectivity index (χ0n) is 20.4. The highest BCUT2D eigenvalue weighted by atomic mass is 15.5. The molecule has 164 valence electrons. The lowest BCUT2D eigenvalue weighted by molar-refractivity contribution is 0.316. The van der Waals surface area contributed by atoms with Gasteiger partial charge in [-0.3, -0.25) is 0 Å². The van der Waals surface area contributed by atoms with Crippen LogP contribution >= 0.6 is 0 Å². The SMILES string of the molecule is CC.CC.CC(C)(C)c1cn2ccccc2n1.CC(C)(C)n1nc2ccccc2n1. The summed E-state index contributed by atoms with van der Waals surface area (Å²) in [5.74, 6) is 0. The third-order valence-corrected chi connectivity index (χ3v) is 4.02. The maximum Gasteiger partial charge on any atom is 0.136 e. The average molecular weight is 410 g/mol. The average Bonchev–Trinajstić information content (AvgIpc) is 3.35. The van der Waals surface area contributed by atoms with E-state index in [9.17, 15) is 0 Å². The van der Waals surface area contributed by atoms with Crippen LogP contribution in [0.3, 0.4) is 0 Å². The molecule has 4 aromatic rings. The second-order valence-electron chi connectivity index (χ2n) is 8.49. The Morgan fingerprint density at radius 1 is 0.700 bits per heavy atom. The molecule has 0 atom stereocenters. The standard InChI is InChI=1S/C11H14N2.C10H13N3.2C2H6/c1-11(2,3)9-8-13-7-5-4-6-10(13)12-9;1-10(2,3)13-11-8-6-4-5-7-9(8)12-13;2*1-2/h4-8H,1-3H3;4-7H,1-3H3;2*1-2H3. The lowest BCUT2D eigenvalue weighted by Crippen LogP contribution is -2.24. The van der Waals surface area contributed by atoms with Gasteiger partial charge in [0.25, 0.3) is 0 Å². The molecule has 30 heavy (non-hydrogen) atoms. The van der Waals surface area contributed by atoms with E-state index in [0.29, 0.717) is 0 Å². The number of fused-ring (bicyclic) bond motifs is 2. The molecule has 0 bridgehead atoms. The van der Waals surface area contributed by atoms with E-state index in [2.05, 4.69) is 67.3 Å². The van der Waals surface area contributed by atoms with Gasteiger partial charge in [0.05, 0.1) is 11.2 Å². The summed E-state index contributed by atoms with van der Waals surface area (Å²) in [6.45, 7) is 20.8. The van der Waals surface area contributed by atoms with Gasteiger partial charge in [0.2, 0.25) is 0 Å². The summed E-state index contributed by atoms with van der Waals surface area (Å²) < 4.78 is 2.06. The zero-order chi connectivity index (χ0) is 22.9. The maximum atomic E-state index is 4.55. The molecule has 0 amide bonds. The van der Waals surface area contributed by atoms with Crippen molar-refractivity contribution in [2.45, 2.75) is 80.2 Å².